The Labute approximate surface area is 99.5 Å². The quantitative estimate of drug-likeness (QED) is 0.826. The summed E-state index contributed by atoms with van der Waals surface area (Å²) in [7, 11) is 2.15. The Balaban J connectivity index is 2.83. The minimum atomic E-state index is 0.275. The molecule has 0 radical (unpaired) electrons. The molecule has 0 amide bonds. The van der Waals surface area contributed by atoms with Gasteiger partial charge in [0.1, 0.15) is 0 Å². The minimum absolute atomic E-state index is 0.275. The average Bonchev–Trinajstić information content (AvgIpc) is 2.25. The molecule has 0 saturated carbocycles. The maximum atomic E-state index is 5.81. The van der Waals surface area contributed by atoms with Crippen LogP contribution in [0, 0.1) is 0 Å². The molecule has 1 unspecified atom stereocenters. The van der Waals surface area contributed by atoms with E-state index in [1.54, 1.807) is 0 Å². The second-order valence-electron chi connectivity index (χ2n) is 4.85. The van der Waals surface area contributed by atoms with Gasteiger partial charge in [-0.15, -0.1) is 0 Å². The van der Waals surface area contributed by atoms with Gasteiger partial charge < -0.3 is 10.6 Å². The van der Waals surface area contributed by atoms with Crippen molar-refractivity contribution in [1.82, 2.24) is 0 Å². The largest absolute Gasteiger partial charge is 0.372 e. The van der Waals surface area contributed by atoms with E-state index in [0.29, 0.717) is 6.04 Å². The van der Waals surface area contributed by atoms with Crippen LogP contribution in [-0.2, 0) is 6.42 Å². The molecule has 1 aromatic rings. The molecule has 2 heteroatoms. The molecule has 0 aliphatic heterocycles. The van der Waals surface area contributed by atoms with Crippen LogP contribution in [0.1, 0.15) is 32.8 Å². The summed E-state index contributed by atoms with van der Waals surface area (Å²) in [5.74, 6) is 0. The van der Waals surface area contributed by atoms with E-state index < -0.39 is 0 Å². The van der Waals surface area contributed by atoms with Crippen molar-refractivity contribution in [1.29, 1.82) is 0 Å². The van der Waals surface area contributed by atoms with Crippen molar-refractivity contribution < 1.29 is 0 Å². The lowest BCUT2D eigenvalue weighted by Gasteiger charge is -2.26. The summed E-state index contributed by atoms with van der Waals surface area (Å²) in [6, 6.07) is 9.40. The molecule has 1 atom stereocenters. The smallest absolute Gasteiger partial charge is 0.0398 e. The van der Waals surface area contributed by atoms with Gasteiger partial charge >= 0.3 is 0 Å². The Morgan fingerprint density at radius 2 is 1.81 bits per heavy atom. The molecule has 2 N–H and O–H groups in total. The fourth-order valence-electron chi connectivity index (χ4n) is 1.73. The van der Waals surface area contributed by atoms with Gasteiger partial charge in [-0.05, 0) is 45.2 Å². The number of para-hydroxylation sites is 1. The highest BCUT2D eigenvalue weighted by Crippen LogP contribution is 2.22. The van der Waals surface area contributed by atoms with E-state index in [0.717, 1.165) is 12.8 Å². The number of rotatable bonds is 5. The van der Waals surface area contributed by atoms with Gasteiger partial charge in [0, 0.05) is 24.8 Å². The molecule has 1 aromatic carbocycles. The fourth-order valence-corrected chi connectivity index (χ4v) is 1.73. The molecule has 0 bridgehead atoms. The number of aryl methyl sites for hydroxylation is 1. The maximum Gasteiger partial charge on any atom is 0.0398 e. The summed E-state index contributed by atoms with van der Waals surface area (Å²) in [6.07, 6.45) is 2.11. The zero-order valence-electron chi connectivity index (χ0n) is 10.9. The molecule has 90 valence electrons. The first kappa shape index (κ1) is 13.0. The van der Waals surface area contributed by atoms with E-state index in [4.69, 9.17) is 5.73 Å². The van der Waals surface area contributed by atoms with Crippen molar-refractivity contribution in [2.45, 2.75) is 45.7 Å². The summed E-state index contributed by atoms with van der Waals surface area (Å²) in [4.78, 5) is 2.32. The molecular weight excluding hydrogens is 196 g/mol. The van der Waals surface area contributed by atoms with Crippen LogP contribution in [0.25, 0.3) is 0 Å². The lowest BCUT2D eigenvalue weighted by molar-refractivity contribution is 0.662. The summed E-state index contributed by atoms with van der Waals surface area (Å²) >= 11 is 0. The second kappa shape index (κ2) is 5.90. The topological polar surface area (TPSA) is 29.3 Å². The molecule has 16 heavy (non-hydrogen) atoms. The molecular formula is C14H24N2. The molecule has 0 spiro atoms. The number of hydrogen-bond acceptors (Lipinski definition) is 2. The lowest BCUT2D eigenvalue weighted by atomic mass is 10.0. The van der Waals surface area contributed by atoms with Crippen LogP contribution in [0.15, 0.2) is 24.3 Å². The minimum Gasteiger partial charge on any atom is -0.372 e. The van der Waals surface area contributed by atoms with Gasteiger partial charge in [0.15, 0.2) is 0 Å². The summed E-state index contributed by atoms with van der Waals surface area (Å²) < 4.78 is 0. The van der Waals surface area contributed by atoms with E-state index in [1.165, 1.54) is 11.3 Å². The number of nitrogens with two attached hydrogens (primary N) is 1. The van der Waals surface area contributed by atoms with Gasteiger partial charge in [0.2, 0.25) is 0 Å². The monoisotopic (exact) mass is 220 g/mol. The molecule has 2 nitrogen and oxygen atoms in total. The van der Waals surface area contributed by atoms with Crippen molar-refractivity contribution in [3.05, 3.63) is 29.8 Å². The van der Waals surface area contributed by atoms with Gasteiger partial charge in [-0.2, -0.15) is 0 Å². The lowest BCUT2D eigenvalue weighted by Crippen LogP contribution is -2.27. The highest BCUT2D eigenvalue weighted by molar-refractivity contribution is 5.53. The molecule has 0 aliphatic carbocycles. The first-order valence-corrected chi connectivity index (χ1v) is 6.08. The van der Waals surface area contributed by atoms with E-state index in [9.17, 15) is 0 Å². The highest BCUT2D eigenvalue weighted by Gasteiger charge is 2.09. The average molecular weight is 220 g/mol. The van der Waals surface area contributed by atoms with Crippen LogP contribution < -0.4 is 10.6 Å². The van der Waals surface area contributed by atoms with Crippen LogP contribution >= 0.6 is 0 Å². The standard InChI is InChI=1S/C14H24N2/c1-11(2)16(4)14-8-6-5-7-13(14)10-9-12(3)15/h5-8,11-12H,9-10,15H2,1-4H3. The van der Waals surface area contributed by atoms with Crippen molar-refractivity contribution >= 4 is 5.69 Å². The van der Waals surface area contributed by atoms with Gasteiger partial charge in [-0.3, -0.25) is 0 Å². The Bertz CT molecular complexity index is 318. The first-order valence-electron chi connectivity index (χ1n) is 6.08. The molecule has 0 heterocycles. The Hall–Kier alpha value is -1.02. The van der Waals surface area contributed by atoms with Crippen molar-refractivity contribution in [2.24, 2.45) is 5.73 Å². The highest BCUT2D eigenvalue weighted by atomic mass is 15.1. The zero-order valence-corrected chi connectivity index (χ0v) is 10.9. The van der Waals surface area contributed by atoms with Crippen LogP contribution in [0.2, 0.25) is 0 Å². The first-order chi connectivity index (χ1) is 7.52. The number of anilines is 1. The zero-order chi connectivity index (χ0) is 12.1. The molecule has 1 rings (SSSR count). The van der Waals surface area contributed by atoms with Crippen LogP contribution in [0.4, 0.5) is 5.69 Å². The third kappa shape index (κ3) is 3.53. The van der Waals surface area contributed by atoms with Gasteiger partial charge in [0.05, 0.1) is 0 Å². The van der Waals surface area contributed by atoms with Crippen molar-refractivity contribution in [3.63, 3.8) is 0 Å². The molecule has 0 fully saturated rings. The summed E-state index contributed by atoms with van der Waals surface area (Å²) in [6.45, 7) is 6.49. The summed E-state index contributed by atoms with van der Waals surface area (Å²) in [5, 5.41) is 0. The summed E-state index contributed by atoms with van der Waals surface area (Å²) in [5.41, 5.74) is 8.54. The van der Waals surface area contributed by atoms with Crippen molar-refractivity contribution in [3.8, 4) is 0 Å². The normalized spacial score (nSPS) is 12.9. The number of hydrogen-bond donors (Lipinski definition) is 1. The number of benzene rings is 1. The Morgan fingerprint density at radius 1 is 1.19 bits per heavy atom. The van der Waals surface area contributed by atoms with E-state index >= 15 is 0 Å². The van der Waals surface area contributed by atoms with Gasteiger partial charge in [-0.1, -0.05) is 18.2 Å². The third-order valence-corrected chi connectivity index (χ3v) is 3.02. The van der Waals surface area contributed by atoms with E-state index in [2.05, 4.69) is 57.0 Å². The van der Waals surface area contributed by atoms with Crippen molar-refractivity contribution in [2.75, 3.05) is 11.9 Å². The van der Waals surface area contributed by atoms with E-state index in [-0.39, 0.29) is 6.04 Å². The Kier molecular flexibility index (Phi) is 4.81. The maximum absolute atomic E-state index is 5.81. The SMILES string of the molecule is CC(N)CCc1ccccc1N(C)C(C)C. The van der Waals surface area contributed by atoms with Crippen LogP contribution in [0.3, 0.4) is 0 Å². The fraction of sp³-hybridized carbons (Fsp3) is 0.571. The molecule has 0 aliphatic rings. The van der Waals surface area contributed by atoms with Crippen LogP contribution in [0.5, 0.6) is 0 Å². The number of nitrogens with zero attached hydrogens (tertiary/aromatic N) is 1. The van der Waals surface area contributed by atoms with E-state index in [1.807, 2.05) is 0 Å². The van der Waals surface area contributed by atoms with Crippen LogP contribution in [-0.4, -0.2) is 19.1 Å². The second-order valence-corrected chi connectivity index (χ2v) is 4.85. The predicted octanol–water partition coefficient (Wildman–Crippen LogP) is 2.81. The molecule has 0 aromatic heterocycles. The molecule has 0 saturated heterocycles. The van der Waals surface area contributed by atoms with Gasteiger partial charge in [-0.25, -0.2) is 0 Å². The third-order valence-electron chi connectivity index (χ3n) is 3.02. The van der Waals surface area contributed by atoms with Gasteiger partial charge in [0.25, 0.3) is 0 Å². The Morgan fingerprint density at radius 3 is 2.38 bits per heavy atom. The predicted molar refractivity (Wildman–Crippen MR) is 72.0 cm³/mol.